The summed E-state index contributed by atoms with van der Waals surface area (Å²) in [4.78, 5) is 0. The van der Waals surface area contributed by atoms with E-state index in [-0.39, 0.29) is 11.6 Å². The van der Waals surface area contributed by atoms with Gasteiger partial charge in [0.25, 0.3) is 0 Å². The molecule has 1 rings (SSSR count). The fourth-order valence-corrected chi connectivity index (χ4v) is 2.47. The van der Waals surface area contributed by atoms with Crippen molar-refractivity contribution >= 4 is 15.9 Å². The summed E-state index contributed by atoms with van der Waals surface area (Å²) in [6.07, 6.45) is 0. The zero-order chi connectivity index (χ0) is 14.5. The molecule has 0 amide bonds. The quantitative estimate of drug-likeness (QED) is 0.822. The Morgan fingerprint density at radius 3 is 2.58 bits per heavy atom. The zero-order valence-corrected chi connectivity index (χ0v) is 14.0. The Labute approximate surface area is 124 Å². The molecule has 108 valence electrons. The predicted octanol–water partition coefficient (Wildman–Crippen LogP) is 3.92. The topological polar surface area (TPSA) is 30.5 Å². The average Bonchev–Trinajstić information content (AvgIpc) is 2.36. The van der Waals surface area contributed by atoms with Crippen molar-refractivity contribution in [3.05, 3.63) is 28.2 Å². The Morgan fingerprint density at radius 2 is 2.05 bits per heavy atom. The Kier molecular flexibility index (Phi) is 6.30. The lowest BCUT2D eigenvalue weighted by atomic mass is 10.1. The van der Waals surface area contributed by atoms with Crippen LogP contribution < -0.4 is 10.1 Å². The summed E-state index contributed by atoms with van der Waals surface area (Å²) in [7, 11) is 1.67. The number of methoxy groups -OCH3 is 1. The minimum atomic E-state index is -0.146. The highest BCUT2D eigenvalue weighted by Crippen LogP contribution is 2.28. The van der Waals surface area contributed by atoms with Gasteiger partial charge in [-0.2, -0.15) is 0 Å². The number of halogens is 1. The fraction of sp³-hybridized carbons (Fsp3) is 0.600. The van der Waals surface area contributed by atoms with Crippen molar-refractivity contribution in [3.63, 3.8) is 0 Å². The normalized spacial score (nSPS) is 13.4. The number of rotatable bonds is 7. The molecule has 0 spiro atoms. The van der Waals surface area contributed by atoms with Gasteiger partial charge < -0.3 is 14.8 Å². The molecule has 0 saturated heterocycles. The second kappa shape index (κ2) is 7.27. The van der Waals surface area contributed by atoms with Crippen LogP contribution in [0.15, 0.2) is 22.7 Å². The summed E-state index contributed by atoms with van der Waals surface area (Å²) >= 11 is 3.51. The summed E-state index contributed by atoms with van der Waals surface area (Å²) in [6.45, 7) is 9.91. The van der Waals surface area contributed by atoms with Crippen LogP contribution >= 0.6 is 15.9 Å². The third kappa shape index (κ3) is 5.13. The molecule has 0 radical (unpaired) electrons. The first kappa shape index (κ1) is 16.5. The summed E-state index contributed by atoms with van der Waals surface area (Å²) < 4.78 is 11.9. The van der Waals surface area contributed by atoms with Gasteiger partial charge in [0.1, 0.15) is 5.75 Å². The van der Waals surface area contributed by atoms with E-state index in [0.717, 1.165) is 23.4 Å². The largest absolute Gasteiger partial charge is 0.496 e. The molecular weight excluding hydrogens is 306 g/mol. The SMILES string of the molecule is CCOC(C)(C)CNC(C)c1ccc(OC)c(Br)c1. The molecule has 19 heavy (non-hydrogen) atoms. The van der Waals surface area contributed by atoms with Crippen LogP contribution in [0.5, 0.6) is 5.75 Å². The molecule has 0 aliphatic carbocycles. The molecule has 4 heteroatoms. The molecule has 0 saturated carbocycles. The van der Waals surface area contributed by atoms with E-state index in [1.807, 2.05) is 13.0 Å². The number of nitrogens with one attached hydrogen (secondary N) is 1. The van der Waals surface area contributed by atoms with Crippen molar-refractivity contribution < 1.29 is 9.47 Å². The van der Waals surface area contributed by atoms with Gasteiger partial charge in [0, 0.05) is 19.2 Å². The van der Waals surface area contributed by atoms with Crippen molar-refractivity contribution in [1.82, 2.24) is 5.32 Å². The van der Waals surface area contributed by atoms with Crippen molar-refractivity contribution in [2.75, 3.05) is 20.3 Å². The van der Waals surface area contributed by atoms with E-state index in [1.54, 1.807) is 7.11 Å². The molecule has 1 N–H and O–H groups in total. The molecule has 1 aromatic rings. The number of benzene rings is 1. The first-order valence-electron chi connectivity index (χ1n) is 6.60. The van der Waals surface area contributed by atoms with E-state index >= 15 is 0 Å². The highest BCUT2D eigenvalue weighted by Gasteiger charge is 2.19. The zero-order valence-electron chi connectivity index (χ0n) is 12.4. The van der Waals surface area contributed by atoms with Gasteiger partial charge in [-0.25, -0.2) is 0 Å². The Morgan fingerprint density at radius 1 is 1.37 bits per heavy atom. The smallest absolute Gasteiger partial charge is 0.133 e. The Balaban J connectivity index is 2.63. The van der Waals surface area contributed by atoms with E-state index in [2.05, 4.69) is 54.2 Å². The number of hydrogen-bond acceptors (Lipinski definition) is 3. The second-order valence-electron chi connectivity index (χ2n) is 5.19. The molecular formula is C15H24BrNO2. The van der Waals surface area contributed by atoms with Crippen LogP contribution in [-0.4, -0.2) is 25.9 Å². The van der Waals surface area contributed by atoms with Crippen LogP contribution in [0.2, 0.25) is 0 Å². The third-order valence-corrected chi connectivity index (χ3v) is 3.66. The van der Waals surface area contributed by atoms with Gasteiger partial charge in [-0.3, -0.25) is 0 Å². The highest BCUT2D eigenvalue weighted by atomic mass is 79.9. The van der Waals surface area contributed by atoms with Gasteiger partial charge >= 0.3 is 0 Å². The highest BCUT2D eigenvalue weighted by molar-refractivity contribution is 9.10. The molecule has 0 aromatic heterocycles. The van der Waals surface area contributed by atoms with Crippen LogP contribution in [0.25, 0.3) is 0 Å². The first-order valence-corrected chi connectivity index (χ1v) is 7.39. The molecule has 1 aromatic carbocycles. The molecule has 0 fully saturated rings. The van der Waals surface area contributed by atoms with Crippen molar-refractivity contribution in [2.45, 2.75) is 39.3 Å². The monoisotopic (exact) mass is 329 g/mol. The van der Waals surface area contributed by atoms with Crippen LogP contribution in [0.3, 0.4) is 0 Å². The third-order valence-electron chi connectivity index (χ3n) is 3.04. The summed E-state index contributed by atoms with van der Waals surface area (Å²) in [5, 5.41) is 3.50. The Bertz CT molecular complexity index is 407. The maximum absolute atomic E-state index is 5.68. The maximum atomic E-state index is 5.68. The molecule has 0 bridgehead atoms. The predicted molar refractivity (Wildman–Crippen MR) is 82.8 cm³/mol. The number of ether oxygens (including phenoxy) is 2. The van der Waals surface area contributed by atoms with Crippen LogP contribution in [0.4, 0.5) is 0 Å². The maximum Gasteiger partial charge on any atom is 0.133 e. The van der Waals surface area contributed by atoms with Crippen LogP contribution in [0, 0.1) is 0 Å². The van der Waals surface area contributed by atoms with Crippen molar-refractivity contribution in [1.29, 1.82) is 0 Å². The molecule has 1 unspecified atom stereocenters. The van der Waals surface area contributed by atoms with Gasteiger partial charge in [0.2, 0.25) is 0 Å². The van der Waals surface area contributed by atoms with Gasteiger partial charge in [-0.05, 0) is 61.3 Å². The number of hydrogen-bond donors (Lipinski definition) is 1. The molecule has 0 aliphatic rings. The first-order chi connectivity index (χ1) is 8.89. The average molecular weight is 330 g/mol. The lowest BCUT2D eigenvalue weighted by Gasteiger charge is -2.27. The second-order valence-corrected chi connectivity index (χ2v) is 6.04. The van der Waals surface area contributed by atoms with E-state index in [0.29, 0.717) is 0 Å². The van der Waals surface area contributed by atoms with Crippen molar-refractivity contribution in [2.24, 2.45) is 0 Å². The van der Waals surface area contributed by atoms with Gasteiger partial charge in [-0.1, -0.05) is 6.07 Å². The van der Waals surface area contributed by atoms with Gasteiger partial charge in [0.15, 0.2) is 0 Å². The summed E-state index contributed by atoms with van der Waals surface area (Å²) in [5.74, 6) is 0.852. The van der Waals surface area contributed by atoms with Gasteiger partial charge in [-0.15, -0.1) is 0 Å². The van der Waals surface area contributed by atoms with E-state index < -0.39 is 0 Å². The molecule has 0 heterocycles. The standard InChI is InChI=1S/C15H24BrNO2/c1-6-19-15(3,4)10-17-11(2)12-7-8-14(18-5)13(16)9-12/h7-9,11,17H,6,10H2,1-5H3. The molecule has 3 nitrogen and oxygen atoms in total. The van der Waals surface area contributed by atoms with Gasteiger partial charge in [0.05, 0.1) is 17.2 Å². The van der Waals surface area contributed by atoms with Crippen LogP contribution in [-0.2, 0) is 4.74 Å². The molecule has 0 aliphatic heterocycles. The van der Waals surface area contributed by atoms with E-state index in [9.17, 15) is 0 Å². The molecule has 1 atom stereocenters. The Hall–Kier alpha value is -0.580. The minimum Gasteiger partial charge on any atom is -0.496 e. The fourth-order valence-electron chi connectivity index (χ4n) is 1.91. The van der Waals surface area contributed by atoms with Crippen LogP contribution in [0.1, 0.15) is 39.3 Å². The van der Waals surface area contributed by atoms with Crippen molar-refractivity contribution in [3.8, 4) is 5.75 Å². The van der Waals surface area contributed by atoms with E-state index in [1.165, 1.54) is 5.56 Å². The van der Waals surface area contributed by atoms with E-state index in [4.69, 9.17) is 9.47 Å². The minimum absolute atomic E-state index is 0.146. The lowest BCUT2D eigenvalue weighted by molar-refractivity contribution is -0.0103. The summed E-state index contributed by atoms with van der Waals surface area (Å²) in [6, 6.07) is 6.41. The lowest BCUT2D eigenvalue weighted by Crippen LogP contribution is -2.38. The summed E-state index contributed by atoms with van der Waals surface area (Å²) in [5.41, 5.74) is 1.08.